The lowest BCUT2D eigenvalue weighted by molar-refractivity contribution is 0.0627. The summed E-state index contributed by atoms with van der Waals surface area (Å²) >= 11 is 0. The van der Waals surface area contributed by atoms with E-state index in [1.807, 2.05) is 18.9 Å². The van der Waals surface area contributed by atoms with Crippen molar-refractivity contribution in [1.82, 2.24) is 19.6 Å². The van der Waals surface area contributed by atoms with E-state index in [0.29, 0.717) is 0 Å². The molecule has 5 nitrogen and oxygen atoms in total. The molecule has 0 unspecified atom stereocenters. The first-order valence-corrected chi connectivity index (χ1v) is 8.11. The van der Waals surface area contributed by atoms with Gasteiger partial charge in [-0.1, -0.05) is 24.3 Å². The predicted molar refractivity (Wildman–Crippen MR) is 90.3 cm³/mol. The standard InChI is InChI=1S/C18H24N4O/c1-14-6-4-5-7-16(14)13-21-8-10-22(11-9-21)18(23)17-12-19-20(3)15(17)2/h4-7,12H,8-11,13H2,1-3H3. The van der Waals surface area contributed by atoms with Crippen molar-refractivity contribution >= 4 is 5.91 Å². The van der Waals surface area contributed by atoms with E-state index < -0.39 is 0 Å². The molecule has 5 heteroatoms. The van der Waals surface area contributed by atoms with Gasteiger partial charge >= 0.3 is 0 Å². The molecule has 1 aromatic carbocycles. The topological polar surface area (TPSA) is 41.4 Å². The number of aromatic nitrogens is 2. The van der Waals surface area contributed by atoms with Crippen molar-refractivity contribution in [3.05, 3.63) is 52.8 Å². The van der Waals surface area contributed by atoms with Crippen LogP contribution < -0.4 is 0 Å². The van der Waals surface area contributed by atoms with Crippen LogP contribution in [0.3, 0.4) is 0 Å². The van der Waals surface area contributed by atoms with Crippen LogP contribution in [0.1, 0.15) is 27.2 Å². The van der Waals surface area contributed by atoms with E-state index in [1.165, 1.54) is 11.1 Å². The summed E-state index contributed by atoms with van der Waals surface area (Å²) < 4.78 is 1.75. The second kappa shape index (κ2) is 6.54. The molecule has 1 aliphatic rings. The molecule has 2 aromatic rings. The zero-order valence-corrected chi connectivity index (χ0v) is 14.1. The minimum Gasteiger partial charge on any atom is -0.336 e. The molecule has 0 radical (unpaired) electrons. The molecule has 3 rings (SSSR count). The molecule has 1 saturated heterocycles. The molecular formula is C18H24N4O. The summed E-state index contributed by atoms with van der Waals surface area (Å²) in [4.78, 5) is 17.0. The number of hydrogen-bond donors (Lipinski definition) is 0. The van der Waals surface area contributed by atoms with Crippen LogP contribution in [0.15, 0.2) is 30.5 Å². The third-order valence-corrected chi connectivity index (χ3v) is 4.78. The van der Waals surface area contributed by atoms with Gasteiger partial charge in [0.25, 0.3) is 5.91 Å². The maximum Gasteiger partial charge on any atom is 0.257 e. The zero-order valence-electron chi connectivity index (χ0n) is 14.1. The molecule has 0 spiro atoms. The Morgan fingerprint density at radius 1 is 1.13 bits per heavy atom. The second-order valence-corrected chi connectivity index (χ2v) is 6.26. The van der Waals surface area contributed by atoms with Gasteiger partial charge in [0.2, 0.25) is 0 Å². The Bertz CT molecular complexity index is 699. The molecule has 1 aromatic heterocycles. The van der Waals surface area contributed by atoms with Gasteiger partial charge in [-0.05, 0) is 25.0 Å². The van der Waals surface area contributed by atoms with E-state index in [2.05, 4.69) is 41.2 Å². The third kappa shape index (κ3) is 3.29. The molecule has 1 fully saturated rings. The lowest BCUT2D eigenvalue weighted by Gasteiger charge is -2.35. The number of hydrogen-bond acceptors (Lipinski definition) is 3. The van der Waals surface area contributed by atoms with Crippen molar-refractivity contribution in [2.75, 3.05) is 26.2 Å². The molecule has 1 amide bonds. The minimum absolute atomic E-state index is 0.103. The zero-order chi connectivity index (χ0) is 16.4. The van der Waals surface area contributed by atoms with E-state index in [1.54, 1.807) is 10.9 Å². The number of benzene rings is 1. The van der Waals surface area contributed by atoms with Crippen LogP contribution in [-0.2, 0) is 13.6 Å². The molecule has 1 aliphatic heterocycles. The monoisotopic (exact) mass is 312 g/mol. The molecule has 122 valence electrons. The molecule has 0 bridgehead atoms. The SMILES string of the molecule is Cc1ccccc1CN1CCN(C(=O)c2cnn(C)c2C)CC1. The van der Waals surface area contributed by atoms with E-state index in [4.69, 9.17) is 0 Å². The van der Waals surface area contributed by atoms with E-state index in [-0.39, 0.29) is 5.91 Å². The van der Waals surface area contributed by atoms with Gasteiger partial charge in [0.1, 0.15) is 0 Å². The Hall–Kier alpha value is -2.14. The number of aryl methyl sites for hydroxylation is 2. The van der Waals surface area contributed by atoms with Crippen molar-refractivity contribution in [2.24, 2.45) is 7.05 Å². The highest BCUT2D eigenvalue weighted by Crippen LogP contribution is 2.15. The fourth-order valence-electron chi connectivity index (χ4n) is 3.02. The number of rotatable bonds is 3. The fourth-order valence-corrected chi connectivity index (χ4v) is 3.02. The number of piperazine rings is 1. The summed E-state index contributed by atoms with van der Waals surface area (Å²) in [5.41, 5.74) is 4.35. The Balaban J connectivity index is 1.59. The Kier molecular flexibility index (Phi) is 4.48. The van der Waals surface area contributed by atoms with Gasteiger partial charge in [-0.15, -0.1) is 0 Å². The minimum atomic E-state index is 0.103. The van der Waals surface area contributed by atoms with Crippen molar-refractivity contribution in [2.45, 2.75) is 20.4 Å². The highest BCUT2D eigenvalue weighted by Gasteiger charge is 2.24. The van der Waals surface area contributed by atoms with E-state index in [9.17, 15) is 4.79 Å². The Morgan fingerprint density at radius 2 is 1.83 bits per heavy atom. The lowest BCUT2D eigenvalue weighted by Crippen LogP contribution is -2.48. The van der Waals surface area contributed by atoms with Crippen LogP contribution in [0.4, 0.5) is 0 Å². The van der Waals surface area contributed by atoms with Crippen LogP contribution >= 0.6 is 0 Å². The maximum absolute atomic E-state index is 12.6. The van der Waals surface area contributed by atoms with Crippen LogP contribution in [0.5, 0.6) is 0 Å². The maximum atomic E-state index is 12.6. The van der Waals surface area contributed by atoms with Gasteiger partial charge in [0.05, 0.1) is 11.8 Å². The van der Waals surface area contributed by atoms with Crippen molar-refractivity contribution in [1.29, 1.82) is 0 Å². The van der Waals surface area contributed by atoms with Crippen molar-refractivity contribution in [3.63, 3.8) is 0 Å². The quantitative estimate of drug-likeness (QED) is 0.870. The number of nitrogens with zero attached hydrogens (tertiary/aromatic N) is 4. The average molecular weight is 312 g/mol. The molecule has 0 atom stereocenters. The summed E-state index contributed by atoms with van der Waals surface area (Å²) in [7, 11) is 1.87. The normalized spacial score (nSPS) is 15.9. The summed E-state index contributed by atoms with van der Waals surface area (Å²) in [5, 5.41) is 4.17. The third-order valence-electron chi connectivity index (χ3n) is 4.78. The van der Waals surface area contributed by atoms with E-state index >= 15 is 0 Å². The second-order valence-electron chi connectivity index (χ2n) is 6.26. The van der Waals surface area contributed by atoms with Crippen molar-refractivity contribution < 1.29 is 4.79 Å². The van der Waals surface area contributed by atoms with Gasteiger partial charge < -0.3 is 4.90 Å². The summed E-state index contributed by atoms with van der Waals surface area (Å²) in [6, 6.07) is 8.51. The largest absolute Gasteiger partial charge is 0.336 e. The molecule has 23 heavy (non-hydrogen) atoms. The van der Waals surface area contributed by atoms with Crippen LogP contribution in [0.2, 0.25) is 0 Å². The van der Waals surface area contributed by atoms with Crippen LogP contribution in [0, 0.1) is 13.8 Å². The summed E-state index contributed by atoms with van der Waals surface area (Å²) in [6.45, 7) is 8.44. The first-order chi connectivity index (χ1) is 11.1. The predicted octanol–water partition coefficient (Wildman–Crippen LogP) is 1.99. The van der Waals surface area contributed by atoms with Gasteiger partial charge in [-0.3, -0.25) is 14.4 Å². The molecular weight excluding hydrogens is 288 g/mol. The van der Waals surface area contributed by atoms with Gasteiger partial charge in [-0.25, -0.2) is 0 Å². The van der Waals surface area contributed by atoms with Gasteiger partial charge in [-0.2, -0.15) is 5.10 Å². The highest BCUT2D eigenvalue weighted by molar-refractivity contribution is 5.95. The molecule has 0 saturated carbocycles. The molecule has 0 aliphatic carbocycles. The Labute approximate surface area is 137 Å². The summed E-state index contributed by atoms with van der Waals surface area (Å²) in [6.07, 6.45) is 1.68. The summed E-state index contributed by atoms with van der Waals surface area (Å²) in [5.74, 6) is 0.103. The molecule has 0 N–H and O–H groups in total. The lowest BCUT2D eigenvalue weighted by atomic mass is 10.1. The van der Waals surface area contributed by atoms with Crippen LogP contribution in [-0.4, -0.2) is 51.7 Å². The number of amides is 1. The molecule has 2 heterocycles. The van der Waals surface area contributed by atoms with Crippen molar-refractivity contribution in [3.8, 4) is 0 Å². The van der Waals surface area contributed by atoms with E-state index in [0.717, 1.165) is 44.0 Å². The number of carbonyl (C=O) groups excluding carboxylic acids is 1. The van der Waals surface area contributed by atoms with Gasteiger partial charge in [0.15, 0.2) is 0 Å². The average Bonchev–Trinajstić information content (AvgIpc) is 2.89. The first-order valence-electron chi connectivity index (χ1n) is 8.11. The Morgan fingerprint density at radius 3 is 2.43 bits per heavy atom. The van der Waals surface area contributed by atoms with Gasteiger partial charge in [0, 0.05) is 45.5 Å². The van der Waals surface area contributed by atoms with Crippen LogP contribution in [0.25, 0.3) is 0 Å². The number of carbonyl (C=O) groups is 1. The smallest absolute Gasteiger partial charge is 0.257 e. The first kappa shape index (κ1) is 15.7. The fraction of sp³-hybridized carbons (Fsp3) is 0.444. The highest BCUT2D eigenvalue weighted by atomic mass is 16.2.